The number of aromatic amines is 1. The summed E-state index contributed by atoms with van der Waals surface area (Å²) in [4.78, 5) is 7.53. The Morgan fingerprint density at radius 2 is 2.00 bits per heavy atom. The summed E-state index contributed by atoms with van der Waals surface area (Å²) in [7, 11) is 0. The van der Waals surface area contributed by atoms with Crippen LogP contribution in [0.4, 0.5) is 0 Å². The second kappa shape index (κ2) is 3.24. The molecule has 3 aromatic rings. The second-order valence-electron chi connectivity index (χ2n) is 3.49. The van der Waals surface area contributed by atoms with Crippen molar-refractivity contribution in [2.75, 3.05) is 0 Å². The highest BCUT2D eigenvalue weighted by Gasteiger charge is 1.99. The van der Waals surface area contributed by atoms with Gasteiger partial charge in [0.25, 0.3) is 0 Å². The monoisotopic (exact) mass is 194 g/mol. The Morgan fingerprint density at radius 3 is 2.87 bits per heavy atom. The first-order valence-electron chi connectivity index (χ1n) is 4.92. The van der Waals surface area contributed by atoms with Gasteiger partial charge in [0.2, 0.25) is 0 Å². The number of nitrogens with one attached hydrogen (secondary N) is 1. The van der Waals surface area contributed by atoms with Gasteiger partial charge < -0.3 is 4.98 Å². The van der Waals surface area contributed by atoms with Crippen molar-refractivity contribution < 1.29 is 0 Å². The Kier molecular flexibility index (Phi) is 1.78. The number of benzene rings is 1. The lowest BCUT2D eigenvalue weighted by Gasteiger charge is -2.00. The molecule has 72 valence electrons. The molecule has 2 heteroatoms. The van der Waals surface area contributed by atoms with E-state index < -0.39 is 0 Å². The van der Waals surface area contributed by atoms with Crippen LogP contribution in [0.3, 0.4) is 0 Å². The first-order valence-corrected chi connectivity index (χ1v) is 4.92. The van der Waals surface area contributed by atoms with E-state index in [1.54, 1.807) is 0 Å². The van der Waals surface area contributed by atoms with Crippen molar-refractivity contribution in [3.8, 4) is 11.3 Å². The van der Waals surface area contributed by atoms with Crippen LogP contribution in [0.25, 0.3) is 22.2 Å². The summed E-state index contributed by atoms with van der Waals surface area (Å²) >= 11 is 0. The largest absolute Gasteiger partial charge is 0.361 e. The molecule has 0 aliphatic carbocycles. The third kappa shape index (κ3) is 1.40. The van der Waals surface area contributed by atoms with Crippen molar-refractivity contribution >= 4 is 10.9 Å². The molecule has 0 spiro atoms. The van der Waals surface area contributed by atoms with Crippen LogP contribution in [-0.4, -0.2) is 9.97 Å². The van der Waals surface area contributed by atoms with Crippen LogP contribution >= 0.6 is 0 Å². The van der Waals surface area contributed by atoms with Gasteiger partial charge in [0.15, 0.2) is 0 Å². The molecule has 0 unspecified atom stereocenters. The van der Waals surface area contributed by atoms with Gasteiger partial charge in [-0.25, -0.2) is 0 Å². The number of H-pyrrole nitrogens is 1. The zero-order valence-corrected chi connectivity index (χ0v) is 8.14. The molecule has 0 aliphatic heterocycles. The maximum atomic E-state index is 4.34. The molecular formula is C13H10N2. The second-order valence-corrected chi connectivity index (χ2v) is 3.49. The van der Waals surface area contributed by atoms with Crippen LogP contribution in [0.2, 0.25) is 0 Å². The lowest BCUT2D eigenvalue weighted by Crippen LogP contribution is -1.80. The maximum Gasteiger partial charge on any atom is 0.0708 e. The minimum atomic E-state index is 1.03. The molecule has 0 bridgehead atoms. The Labute approximate surface area is 87.6 Å². The van der Waals surface area contributed by atoms with Crippen molar-refractivity contribution in [3.05, 3.63) is 54.9 Å². The molecule has 0 fully saturated rings. The van der Waals surface area contributed by atoms with Crippen LogP contribution in [-0.2, 0) is 0 Å². The summed E-state index contributed by atoms with van der Waals surface area (Å²) in [6.07, 6.45) is 3.75. The minimum absolute atomic E-state index is 1.03. The van der Waals surface area contributed by atoms with E-state index in [4.69, 9.17) is 0 Å². The molecule has 0 amide bonds. The van der Waals surface area contributed by atoms with E-state index in [-0.39, 0.29) is 0 Å². The van der Waals surface area contributed by atoms with E-state index in [1.807, 2.05) is 24.5 Å². The number of hydrogen-bond donors (Lipinski definition) is 1. The summed E-state index contributed by atoms with van der Waals surface area (Å²) < 4.78 is 0. The van der Waals surface area contributed by atoms with Gasteiger partial charge in [0, 0.05) is 29.0 Å². The Morgan fingerprint density at radius 1 is 1.00 bits per heavy atom. The van der Waals surface area contributed by atoms with Crippen molar-refractivity contribution in [2.45, 2.75) is 0 Å². The quantitative estimate of drug-likeness (QED) is 0.633. The number of rotatable bonds is 1. The predicted molar refractivity (Wildman–Crippen MR) is 61.5 cm³/mol. The van der Waals surface area contributed by atoms with Crippen molar-refractivity contribution in [1.29, 1.82) is 0 Å². The molecule has 1 aromatic carbocycles. The van der Waals surface area contributed by atoms with E-state index >= 15 is 0 Å². The third-order valence-electron chi connectivity index (χ3n) is 2.51. The zero-order chi connectivity index (χ0) is 10.1. The highest BCUT2D eigenvalue weighted by molar-refractivity contribution is 5.83. The molecule has 0 saturated carbocycles. The zero-order valence-electron chi connectivity index (χ0n) is 8.14. The van der Waals surface area contributed by atoms with Gasteiger partial charge in [-0.05, 0) is 24.3 Å². The molecule has 0 aliphatic rings. The number of aromatic nitrogens is 2. The molecular weight excluding hydrogens is 184 g/mol. The molecule has 15 heavy (non-hydrogen) atoms. The molecule has 2 aromatic heterocycles. The molecule has 1 N–H and O–H groups in total. The van der Waals surface area contributed by atoms with Gasteiger partial charge in [-0.15, -0.1) is 0 Å². The number of hydrogen-bond acceptors (Lipinski definition) is 1. The van der Waals surface area contributed by atoms with Gasteiger partial charge in [-0.1, -0.05) is 18.2 Å². The summed E-state index contributed by atoms with van der Waals surface area (Å²) in [6, 6.07) is 14.4. The standard InChI is InChI=1S/C13H10N2/c1-3-10-5-6-11(9-13(10)15-7-1)12-4-2-8-14-12/h1-9,14H. The summed E-state index contributed by atoms with van der Waals surface area (Å²) in [6.45, 7) is 0. The molecule has 0 radical (unpaired) electrons. The van der Waals surface area contributed by atoms with Gasteiger partial charge in [0.05, 0.1) is 5.52 Å². The number of fused-ring (bicyclic) bond motifs is 1. The highest BCUT2D eigenvalue weighted by atomic mass is 14.7. The fourth-order valence-electron chi connectivity index (χ4n) is 1.74. The molecule has 0 saturated heterocycles. The molecule has 0 atom stereocenters. The van der Waals surface area contributed by atoms with Gasteiger partial charge in [-0.2, -0.15) is 0 Å². The van der Waals surface area contributed by atoms with Gasteiger partial charge >= 0.3 is 0 Å². The average Bonchev–Trinajstić information content (AvgIpc) is 2.82. The molecule has 2 heterocycles. The average molecular weight is 194 g/mol. The first-order chi connectivity index (χ1) is 7.43. The topological polar surface area (TPSA) is 28.7 Å². The summed E-state index contributed by atoms with van der Waals surface area (Å²) in [5.74, 6) is 0. The van der Waals surface area contributed by atoms with E-state index in [9.17, 15) is 0 Å². The first kappa shape index (κ1) is 8.24. The number of pyridine rings is 1. The lowest BCUT2D eigenvalue weighted by molar-refractivity contribution is 1.38. The van der Waals surface area contributed by atoms with Crippen molar-refractivity contribution in [2.24, 2.45) is 0 Å². The Bertz CT molecular complexity index is 582. The van der Waals surface area contributed by atoms with Gasteiger partial charge in [-0.3, -0.25) is 4.98 Å². The molecule has 2 nitrogen and oxygen atoms in total. The normalized spacial score (nSPS) is 10.7. The van der Waals surface area contributed by atoms with E-state index in [1.165, 1.54) is 10.9 Å². The van der Waals surface area contributed by atoms with Crippen LogP contribution in [0.15, 0.2) is 54.9 Å². The van der Waals surface area contributed by atoms with E-state index in [2.05, 4.69) is 40.3 Å². The minimum Gasteiger partial charge on any atom is -0.361 e. The van der Waals surface area contributed by atoms with Crippen molar-refractivity contribution in [1.82, 2.24) is 9.97 Å². The van der Waals surface area contributed by atoms with E-state index in [0.717, 1.165) is 11.2 Å². The van der Waals surface area contributed by atoms with Gasteiger partial charge in [0.1, 0.15) is 0 Å². The fourth-order valence-corrected chi connectivity index (χ4v) is 1.74. The smallest absolute Gasteiger partial charge is 0.0708 e. The SMILES string of the molecule is c1c[nH]c(-c2ccc3cccnc3c2)c1. The Hall–Kier alpha value is -2.09. The molecule has 3 rings (SSSR count). The number of nitrogens with zero attached hydrogens (tertiary/aromatic N) is 1. The predicted octanol–water partition coefficient (Wildman–Crippen LogP) is 3.23. The lowest BCUT2D eigenvalue weighted by atomic mass is 10.1. The van der Waals surface area contributed by atoms with E-state index in [0.29, 0.717) is 0 Å². The van der Waals surface area contributed by atoms with Crippen LogP contribution in [0, 0.1) is 0 Å². The van der Waals surface area contributed by atoms with Crippen LogP contribution < -0.4 is 0 Å². The fraction of sp³-hybridized carbons (Fsp3) is 0. The van der Waals surface area contributed by atoms with Crippen molar-refractivity contribution in [3.63, 3.8) is 0 Å². The third-order valence-corrected chi connectivity index (χ3v) is 2.51. The van der Waals surface area contributed by atoms with Crippen LogP contribution in [0.1, 0.15) is 0 Å². The van der Waals surface area contributed by atoms with Crippen LogP contribution in [0.5, 0.6) is 0 Å². The highest BCUT2D eigenvalue weighted by Crippen LogP contribution is 2.21. The Balaban J connectivity index is 2.22. The summed E-state index contributed by atoms with van der Waals surface area (Å²) in [5, 5.41) is 1.17. The maximum absolute atomic E-state index is 4.34. The summed E-state index contributed by atoms with van der Waals surface area (Å²) in [5.41, 5.74) is 3.33.